The normalized spacial score (nSPS) is 12.2. The standard InChI is InChI=1S/C23H23ClN2O3/c1-2-3-5-12-20(26-21(27)15-29-16-9-6-4-7-10-16)18-14-19(24)17-11-8-13-25-22(17)23(18)28/h4-14,20,28H,2-3,15H2,1H3,(H,26,27)/b12-5+. The van der Waals surface area contributed by atoms with Crippen molar-refractivity contribution in [1.29, 1.82) is 0 Å². The first-order chi connectivity index (χ1) is 14.1. The molecule has 150 valence electrons. The number of ether oxygens (including phenoxy) is 1. The van der Waals surface area contributed by atoms with E-state index < -0.39 is 6.04 Å². The molecule has 0 saturated heterocycles. The summed E-state index contributed by atoms with van der Waals surface area (Å²) >= 11 is 6.40. The van der Waals surface area contributed by atoms with Crippen LogP contribution in [0.25, 0.3) is 10.9 Å². The molecule has 1 amide bonds. The summed E-state index contributed by atoms with van der Waals surface area (Å²) in [4.78, 5) is 16.7. The van der Waals surface area contributed by atoms with Gasteiger partial charge in [-0.3, -0.25) is 9.78 Å². The number of pyridine rings is 1. The van der Waals surface area contributed by atoms with Crippen LogP contribution in [0.3, 0.4) is 0 Å². The number of nitrogens with one attached hydrogen (secondary N) is 1. The number of nitrogens with zero attached hydrogens (tertiary/aromatic N) is 1. The predicted octanol–water partition coefficient (Wildman–Crippen LogP) is 5.19. The lowest BCUT2D eigenvalue weighted by atomic mass is 10.0. The molecular formula is C23H23ClN2O3. The number of rotatable bonds is 8. The van der Waals surface area contributed by atoms with Crippen molar-refractivity contribution in [2.75, 3.05) is 6.61 Å². The zero-order valence-electron chi connectivity index (χ0n) is 16.1. The first kappa shape index (κ1) is 20.7. The number of carbonyl (C=O) groups excluding carboxylic acids is 1. The minimum Gasteiger partial charge on any atom is -0.505 e. The van der Waals surface area contributed by atoms with Crippen LogP contribution in [0.2, 0.25) is 5.02 Å². The molecule has 3 rings (SSSR count). The smallest absolute Gasteiger partial charge is 0.258 e. The molecule has 0 radical (unpaired) electrons. The van der Waals surface area contributed by atoms with Crippen molar-refractivity contribution in [3.05, 3.63) is 77.5 Å². The van der Waals surface area contributed by atoms with Crippen LogP contribution < -0.4 is 10.1 Å². The molecule has 1 unspecified atom stereocenters. The monoisotopic (exact) mass is 410 g/mol. The van der Waals surface area contributed by atoms with Crippen molar-refractivity contribution in [3.63, 3.8) is 0 Å². The molecule has 0 saturated carbocycles. The van der Waals surface area contributed by atoms with Crippen LogP contribution in [-0.2, 0) is 4.79 Å². The van der Waals surface area contributed by atoms with E-state index in [9.17, 15) is 9.90 Å². The third-order valence-corrected chi connectivity index (χ3v) is 4.71. The number of halogens is 1. The lowest BCUT2D eigenvalue weighted by molar-refractivity contribution is -0.123. The third-order valence-electron chi connectivity index (χ3n) is 4.39. The number of phenols is 1. The van der Waals surface area contributed by atoms with Crippen molar-refractivity contribution in [2.24, 2.45) is 0 Å². The van der Waals surface area contributed by atoms with Crippen molar-refractivity contribution >= 4 is 28.4 Å². The molecule has 2 aromatic carbocycles. The van der Waals surface area contributed by atoms with Crippen LogP contribution in [0.5, 0.6) is 11.5 Å². The maximum absolute atomic E-state index is 12.5. The number of carbonyl (C=O) groups is 1. The maximum atomic E-state index is 12.5. The number of hydrogen-bond donors (Lipinski definition) is 2. The van der Waals surface area contributed by atoms with Gasteiger partial charge in [-0.1, -0.05) is 55.3 Å². The Bertz CT molecular complexity index is 1010. The predicted molar refractivity (Wildman–Crippen MR) is 115 cm³/mol. The second-order valence-electron chi connectivity index (χ2n) is 6.56. The number of para-hydroxylation sites is 1. The van der Waals surface area contributed by atoms with Gasteiger partial charge in [-0.2, -0.15) is 0 Å². The largest absolute Gasteiger partial charge is 0.505 e. The summed E-state index contributed by atoms with van der Waals surface area (Å²) in [6.45, 7) is 1.93. The second-order valence-corrected chi connectivity index (χ2v) is 6.97. The summed E-state index contributed by atoms with van der Waals surface area (Å²) in [6.07, 6.45) is 7.24. The number of benzene rings is 2. The summed E-state index contributed by atoms with van der Waals surface area (Å²) < 4.78 is 5.52. The van der Waals surface area contributed by atoms with E-state index >= 15 is 0 Å². The van der Waals surface area contributed by atoms with E-state index in [0.717, 1.165) is 12.8 Å². The van der Waals surface area contributed by atoms with Gasteiger partial charge in [0.2, 0.25) is 0 Å². The Balaban J connectivity index is 1.84. The van der Waals surface area contributed by atoms with Gasteiger partial charge >= 0.3 is 0 Å². The number of fused-ring (bicyclic) bond motifs is 1. The van der Waals surface area contributed by atoms with Crippen LogP contribution in [0.15, 0.2) is 66.9 Å². The average Bonchev–Trinajstić information content (AvgIpc) is 2.75. The van der Waals surface area contributed by atoms with Crippen LogP contribution >= 0.6 is 11.6 Å². The molecule has 0 fully saturated rings. The first-order valence-corrected chi connectivity index (χ1v) is 9.88. The van der Waals surface area contributed by atoms with E-state index in [1.165, 1.54) is 0 Å². The minimum atomic E-state index is -0.558. The van der Waals surface area contributed by atoms with Crippen molar-refractivity contribution in [2.45, 2.75) is 25.8 Å². The lowest BCUT2D eigenvalue weighted by Crippen LogP contribution is -2.32. The topological polar surface area (TPSA) is 71.5 Å². The van der Waals surface area contributed by atoms with Gasteiger partial charge < -0.3 is 15.2 Å². The highest BCUT2D eigenvalue weighted by Gasteiger charge is 2.20. The molecule has 0 spiro atoms. The van der Waals surface area contributed by atoms with Crippen LogP contribution in [0, 0.1) is 0 Å². The Morgan fingerprint density at radius 1 is 1.28 bits per heavy atom. The summed E-state index contributed by atoms with van der Waals surface area (Å²) in [5, 5.41) is 14.8. The van der Waals surface area contributed by atoms with Gasteiger partial charge in [0.25, 0.3) is 5.91 Å². The Labute approximate surface area is 175 Å². The zero-order valence-corrected chi connectivity index (χ0v) is 16.9. The number of phenolic OH excluding ortho intramolecular Hbond substituents is 1. The van der Waals surface area contributed by atoms with E-state index in [0.29, 0.717) is 27.2 Å². The molecule has 1 aromatic heterocycles. The molecule has 0 bridgehead atoms. The quantitative estimate of drug-likeness (QED) is 0.501. The number of aromatic nitrogens is 1. The van der Waals surface area contributed by atoms with Gasteiger partial charge in [0, 0.05) is 17.1 Å². The molecule has 0 aliphatic carbocycles. The van der Waals surface area contributed by atoms with Crippen molar-refractivity contribution < 1.29 is 14.6 Å². The number of aromatic hydroxyl groups is 1. The maximum Gasteiger partial charge on any atom is 0.258 e. The molecule has 1 atom stereocenters. The molecule has 3 aromatic rings. The van der Waals surface area contributed by atoms with Crippen LogP contribution in [0.1, 0.15) is 31.4 Å². The molecule has 2 N–H and O–H groups in total. The number of allylic oxidation sites excluding steroid dienone is 1. The van der Waals surface area contributed by atoms with E-state index in [1.54, 1.807) is 36.5 Å². The summed E-state index contributed by atoms with van der Waals surface area (Å²) in [5.74, 6) is 0.304. The average molecular weight is 411 g/mol. The number of unbranched alkanes of at least 4 members (excludes halogenated alkanes) is 1. The Morgan fingerprint density at radius 2 is 2.07 bits per heavy atom. The van der Waals surface area contributed by atoms with E-state index in [2.05, 4.69) is 17.2 Å². The lowest BCUT2D eigenvalue weighted by Gasteiger charge is -2.19. The van der Waals surface area contributed by atoms with Gasteiger partial charge in [-0.05, 0) is 36.8 Å². The van der Waals surface area contributed by atoms with Crippen LogP contribution in [0.4, 0.5) is 0 Å². The summed E-state index contributed by atoms with van der Waals surface area (Å²) in [7, 11) is 0. The molecule has 6 heteroatoms. The fraction of sp³-hybridized carbons (Fsp3) is 0.217. The van der Waals surface area contributed by atoms with E-state index in [-0.39, 0.29) is 18.3 Å². The fourth-order valence-electron chi connectivity index (χ4n) is 2.95. The zero-order chi connectivity index (χ0) is 20.6. The summed E-state index contributed by atoms with van der Waals surface area (Å²) in [5.41, 5.74) is 0.889. The van der Waals surface area contributed by atoms with Crippen molar-refractivity contribution in [3.8, 4) is 11.5 Å². The SMILES string of the molecule is CCC/C=C/C(NC(=O)COc1ccccc1)c1cc(Cl)c2cccnc2c1O. The Hall–Kier alpha value is -3.05. The first-order valence-electron chi connectivity index (χ1n) is 9.50. The molecule has 0 aliphatic rings. The molecule has 0 aliphatic heterocycles. The van der Waals surface area contributed by atoms with Gasteiger partial charge in [-0.25, -0.2) is 0 Å². The Morgan fingerprint density at radius 3 is 2.83 bits per heavy atom. The van der Waals surface area contributed by atoms with E-state index in [4.69, 9.17) is 16.3 Å². The summed E-state index contributed by atoms with van der Waals surface area (Å²) in [6, 6.07) is 13.8. The fourth-order valence-corrected chi connectivity index (χ4v) is 3.22. The number of amides is 1. The van der Waals surface area contributed by atoms with Gasteiger partial charge in [-0.15, -0.1) is 0 Å². The molecule has 1 heterocycles. The molecule has 29 heavy (non-hydrogen) atoms. The molecule has 5 nitrogen and oxygen atoms in total. The third kappa shape index (κ3) is 5.27. The highest BCUT2D eigenvalue weighted by atomic mass is 35.5. The second kappa shape index (κ2) is 9.94. The Kier molecular flexibility index (Phi) is 7.09. The highest BCUT2D eigenvalue weighted by molar-refractivity contribution is 6.35. The highest BCUT2D eigenvalue weighted by Crippen LogP contribution is 2.36. The molecular weight excluding hydrogens is 388 g/mol. The van der Waals surface area contributed by atoms with Gasteiger partial charge in [0.05, 0.1) is 11.1 Å². The number of hydrogen-bond acceptors (Lipinski definition) is 4. The van der Waals surface area contributed by atoms with Crippen LogP contribution in [-0.4, -0.2) is 22.6 Å². The van der Waals surface area contributed by atoms with E-state index in [1.807, 2.05) is 30.4 Å². The van der Waals surface area contributed by atoms with Gasteiger partial charge in [0.15, 0.2) is 6.61 Å². The van der Waals surface area contributed by atoms with Gasteiger partial charge in [0.1, 0.15) is 17.0 Å². The van der Waals surface area contributed by atoms with Crippen molar-refractivity contribution in [1.82, 2.24) is 10.3 Å². The minimum absolute atomic E-state index is 0.000395.